The molecule has 1 N–H and O–H groups in total. The van der Waals surface area contributed by atoms with Gasteiger partial charge in [-0.25, -0.2) is 4.98 Å². The Hall–Kier alpha value is -2.53. The molecule has 0 saturated carbocycles. The molecule has 156 valence electrons. The fourth-order valence-electron chi connectivity index (χ4n) is 4.37. The van der Waals surface area contributed by atoms with Crippen LogP contribution >= 0.6 is 11.6 Å². The number of anilines is 1. The Kier molecular flexibility index (Phi) is 6.28. The number of Topliss-reactive ketones (excluding diaryl/α,β-unsaturated/α-hetero) is 1. The monoisotopic (exact) mass is 424 g/mol. The highest BCUT2D eigenvalue weighted by atomic mass is 35.5. The smallest absolute Gasteiger partial charge is 0.174 e. The fraction of sp³-hybridized carbons (Fsp3) is 0.455. The number of aromatic nitrogens is 2. The Balaban J connectivity index is 1.59. The molecule has 2 aromatic rings. The van der Waals surface area contributed by atoms with Gasteiger partial charge < -0.3 is 10.2 Å². The number of carbonyl (C=O) groups excluding carboxylic acids is 1. The standard InChI is InChI=1S/C22H25ClN6O/c23-18-3-1-17(2-4-18)20(21(30)22(16-24)5-7-25-8-6-22)29-13-11-28(12-14-29)19-15-26-9-10-27-19/h1-4,9-10,15,20,25H,5-8,11-14H2. The van der Waals surface area contributed by atoms with Crippen LogP contribution in [-0.2, 0) is 4.79 Å². The topological polar surface area (TPSA) is 85.2 Å². The number of nitrogens with one attached hydrogen (secondary N) is 1. The van der Waals surface area contributed by atoms with Gasteiger partial charge >= 0.3 is 0 Å². The summed E-state index contributed by atoms with van der Waals surface area (Å²) in [4.78, 5) is 26.7. The van der Waals surface area contributed by atoms with Crippen LogP contribution in [0, 0.1) is 16.7 Å². The highest BCUT2D eigenvalue weighted by Crippen LogP contribution is 2.38. The number of nitrogens with zero attached hydrogens (tertiary/aromatic N) is 5. The fourth-order valence-corrected chi connectivity index (χ4v) is 4.49. The number of piperidine rings is 1. The van der Waals surface area contributed by atoms with E-state index in [4.69, 9.17) is 11.6 Å². The van der Waals surface area contributed by atoms with E-state index >= 15 is 0 Å². The van der Waals surface area contributed by atoms with E-state index in [9.17, 15) is 10.1 Å². The van der Waals surface area contributed by atoms with Crippen molar-refractivity contribution in [3.05, 3.63) is 53.4 Å². The third kappa shape index (κ3) is 4.17. The Morgan fingerprint density at radius 3 is 2.43 bits per heavy atom. The van der Waals surface area contributed by atoms with Crippen molar-refractivity contribution in [3.63, 3.8) is 0 Å². The van der Waals surface area contributed by atoms with Crippen molar-refractivity contribution in [1.29, 1.82) is 5.26 Å². The predicted octanol–water partition coefficient (Wildman–Crippen LogP) is 2.46. The lowest BCUT2D eigenvalue weighted by molar-refractivity contribution is -0.133. The first-order valence-electron chi connectivity index (χ1n) is 10.3. The molecule has 0 amide bonds. The van der Waals surface area contributed by atoms with Crippen LogP contribution in [0.2, 0.25) is 5.02 Å². The molecule has 1 atom stereocenters. The van der Waals surface area contributed by atoms with Crippen molar-refractivity contribution < 1.29 is 4.79 Å². The van der Waals surface area contributed by atoms with Crippen molar-refractivity contribution in [2.24, 2.45) is 5.41 Å². The first-order valence-corrected chi connectivity index (χ1v) is 10.7. The van der Waals surface area contributed by atoms with Crippen LogP contribution < -0.4 is 10.2 Å². The minimum Gasteiger partial charge on any atom is -0.353 e. The molecule has 2 fully saturated rings. The van der Waals surface area contributed by atoms with E-state index in [0.29, 0.717) is 44.0 Å². The maximum Gasteiger partial charge on any atom is 0.174 e. The van der Waals surface area contributed by atoms with Gasteiger partial charge in [0.2, 0.25) is 0 Å². The number of piperazine rings is 1. The lowest BCUT2D eigenvalue weighted by Gasteiger charge is -2.42. The zero-order chi connectivity index (χ0) is 21.0. The molecule has 3 heterocycles. The number of rotatable bonds is 5. The van der Waals surface area contributed by atoms with Crippen LogP contribution in [0.3, 0.4) is 0 Å². The SMILES string of the molecule is N#CC1(C(=O)C(c2ccc(Cl)cc2)N2CCN(c3cnccn3)CC2)CCNCC1. The van der Waals surface area contributed by atoms with Gasteiger partial charge in [-0.3, -0.25) is 14.7 Å². The first kappa shape index (κ1) is 20.7. The van der Waals surface area contributed by atoms with Crippen LogP contribution in [0.1, 0.15) is 24.4 Å². The van der Waals surface area contributed by atoms with Gasteiger partial charge in [0, 0.05) is 43.6 Å². The largest absolute Gasteiger partial charge is 0.353 e. The summed E-state index contributed by atoms with van der Waals surface area (Å²) in [5, 5.41) is 13.9. The molecule has 30 heavy (non-hydrogen) atoms. The molecule has 8 heteroatoms. The van der Waals surface area contributed by atoms with Gasteiger partial charge in [0.1, 0.15) is 11.2 Å². The summed E-state index contributed by atoms with van der Waals surface area (Å²) in [5.74, 6) is 0.847. The van der Waals surface area contributed by atoms with Crippen LogP contribution in [0.15, 0.2) is 42.9 Å². The lowest BCUT2D eigenvalue weighted by Crippen LogP contribution is -2.53. The first-order chi connectivity index (χ1) is 14.6. The molecular formula is C22H25ClN6O. The van der Waals surface area contributed by atoms with Gasteiger partial charge in [0.25, 0.3) is 0 Å². The molecule has 0 spiro atoms. The molecule has 0 aliphatic carbocycles. The van der Waals surface area contributed by atoms with Gasteiger partial charge in [0.05, 0.1) is 18.3 Å². The Morgan fingerprint density at radius 1 is 1.13 bits per heavy atom. The zero-order valence-corrected chi connectivity index (χ0v) is 17.6. The zero-order valence-electron chi connectivity index (χ0n) is 16.8. The predicted molar refractivity (Wildman–Crippen MR) is 115 cm³/mol. The van der Waals surface area contributed by atoms with Crippen molar-refractivity contribution in [2.45, 2.75) is 18.9 Å². The second-order valence-corrected chi connectivity index (χ2v) is 8.29. The maximum atomic E-state index is 13.8. The summed E-state index contributed by atoms with van der Waals surface area (Å²) >= 11 is 6.09. The number of benzene rings is 1. The van der Waals surface area contributed by atoms with Crippen LogP contribution in [0.4, 0.5) is 5.82 Å². The quantitative estimate of drug-likeness (QED) is 0.788. The van der Waals surface area contributed by atoms with E-state index in [2.05, 4.69) is 31.2 Å². The number of ketones is 1. The highest BCUT2D eigenvalue weighted by Gasteiger charge is 2.45. The molecule has 1 aromatic carbocycles. The number of halogens is 1. The van der Waals surface area contributed by atoms with Crippen LogP contribution in [0.5, 0.6) is 0 Å². The minimum absolute atomic E-state index is 0.00164. The van der Waals surface area contributed by atoms with E-state index in [0.717, 1.165) is 24.5 Å². The molecule has 2 aliphatic heterocycles. The van der Waals surface area contributed by atoms with Crippen LogP contribution in [-0.4, -0.2) is 59.9 Å². The van der Waals surface area contributed by atoms with Crippen molar-refractivity contribution in [3.8, 4) is 6.07 Å². The molecule has 2 aliphatic rings. The molecule has 0 radical (unpaired) electrons. The summed E-state index contributed by atoms with van der Waals surface area (Å²) in [6, 6.07) is 9.37. The molecular weight excluding hydrogens is 400 g/mol. The molecule has 1 unspecified atom stereocenters. The van der Waals surface area contributed by atoms with E-state index in [-0.39, 0.29) is 5.78 Å². The highest BCUT2D eigenvalue weighted by molar-refractivity contribution is 6.30. The number of carbonyl (C=O) groups is 1. The number of hydrogen-bond acceptors (Lipinski definition) is 7. The molecule has 0 bridgehead atoms. The Morgan fingerprint density at radius 2 is 1.83 bits per heavy atom. The summed E-state index contributed by atoms with van der Waals surface area (Å²) < 4.78 is 0. The third-order valence-electron chi connectivity index (χ3n) is 6.13. The van der Waals surface area contributed by atoms with Gasteiger partial charge in [-0.05, 0) is 43.6 Å². The summed E-state index contributed by atoms with van der Waals surface area (Å²) in [5.41, 5.74) is -0.0528. The van der Waals surface area contributed by atoms with Gasteiger partial charge in [-0.2, -0.15) is 5.26 Å². The second-order valence-electron chi connectivity index (χ2n) is 7.85. The van der Waals surface area contributed by atoms with Crippen molar-refractivity contribution >= 4 is 23.2 Å². The summed E-state index contributed by atoms with van der Waals surface area (Å²) in [7, 11) is 0. The Bertz CT molecular complexity index is 899. The van der Waals surface area contributed by atoms with Crippen LogP contribution in [0.25, 0.3) is 0 Å². The summed E-state index contributed by atoms with van der Waals surface area (Å²) in [6.07, 6.45) is 6.21. The third-order valence-corrected chi connectivity index (χ3v) is 6.38. The lowest BCUT2D eigenvalue weighted by atomic mass is 9.72. The van der Waals surface area contributed by atoms with Gasteiger partial charge in [0.15, 0.2) is 5.78 Å². The molecule has 4 rings (SSSR count). The van der Waals surface area contributed by atoms with Gasteiger partial charge in [-0.1, -0.05) is 23.7 Å². The average molecular weight is 425 g/mol. The minimum atomic E-state index is -0.947. The van der Waals surface area contributed by atoms with E-state index in [1.54, 1.807) is 18.6 Å². The van der Waals surface area contributed by atoms with E-state index in [1.807, 2.05) is 24.3 Å². The second kappa shape index (κ2) is 9.09. The normalized spacial score (nSPS) is 20.3. The number of hydrogen-bond donors (Lipinski definition) is 1. The molecule has 7 nitrogen and oxygen atoms in total. The van der Waals surface area contributed by atoms with E-state index < -0.39 is 11.5 Å². The maximum absolute atomic E-state index is 13.8. The van der Waals surface area contributed by atoms with E-state index in [1.165, 1.54) is 0 Å². The van der Waals surface area contributed by atoms with Crippen molar-refractivity contribution in [1.82, 2.24) is 20.2 Å². The molecule has 2 saturated heterocycles. The van der Waals surface area contributed by atoms with Crippen molar-refractivity contribution in [2.75, 3.05) is 44.2 Å². The summed E-state index contributed by atoms with van der Waals surface area (Å²) in [6.45, 7) is 4.28. The molecule has 1 aromatic heterocycles. The van der Waals surface area contributed by atoms with Gasteiger partial charge in [-0.15, -0.1) is 0 Å². The Labute approximate surface area is 181 Å². The number of nitriles is 1. The average Bonchev–Trinajstić information content (AvgIpc) is 2.82.